The van der Waals surface area contributed by atoms with Crippen molar-refractivity contribution in [1.82, 2.24) is 10.1 Å². The number of hydrogen-bond acceptors (Lipinski definition) is 3. The van der Waals surface area contributed by atoms with E-state index in [1.54, 1.807) is 12.1 Å². The molecule has 0 N–H and O–H groups in total. The molecule has 0 aliphatic carbocycles. The molecule has 1 aromatic heterocycles. The van der Waals surface area contributed by atoms with E-state index in [0.717, 1.165) is 14.7 Å². The average molecular weight is 383 g/mol. The second-order valence-electron chi connectivity index (χ2n) is 3.91. The Bertz CT molecular complexity index is 709. The maximum Gasteiger partial charge on any atom is 0.259 e. The van der Waals surface area contributed by atoms with Crippen molar-refractivity contribution in [3.63, 3.8) is 0 Å². The third-order valence-electron chi connectivity index (χ3n) is 2.63. The minimum Gasteiger partial charge on any atom is -0.334 e. The van der Waals surface area contributed by atoms with Crippen LogP contribution in [0.2, 0.25) is 5.02 Å². The lowest BCUT2D eigenvalue weighted by Crippen LogP contribution is -1.83. The Balaban J connectivity index is 2.00. The second kappa shape index (κ2) is 5.30. The van der Waals surface area contributed by atoms with Gasteiger partial charge in [0, 0.05) is 14.2 Å². The van der Waals surface area contributed by atoms with Crippen molar-refractivity contribution in [2.75, 3.05) is 0 Å². The summed E-state index contributed by atoms with van der Waals surface area (Å²) >= 11 is 8.10. The van der Waals surface area contributed by atoms with Gasteiger partial charge in [0.15, 0.2) is 0 Å². The highest BCUT2D eigenvalue weighted by Crippen LogP contribution is 2.26. The third kappa shape index (κ3) is 2.64. The van der Waals surface area contributed by atoms with Crippen LogP contribution in [0, 0.1) is 3.57 Å². The zero-order valence-corrected chi connectivity index (χ0v) is 12.6. The standard InChI is InChI=1S/C14H8ClIN2O/c15-10-7-5-9(6-8-10)13-17-14(19-18-13)11-3-1-2-4-12(11)16/h1-8H. The van der Waals surface area contributed by atoms with Gasteiger partial charge in [-0.2, -0.15) is 4.98 Å². The Labute approximate surface area is 128 Å². The summed E-state index contributed by atoms with van der Waals surface area (Å²) in [6.07, 6.45) is 0. The summed E-state index contributed by atoms with van der Waals surface area (Å²) in [4.78, 5) is 4.42. The Hall–Kier alpha value is -1.40. The van der Waals surface area contributed by atoms with Crippen LogP contribution in [0.1, 0.15) is 0 Å². The maximum atomic E-state index is 5.86. The smallest absolute Gasteiger partial charge is 0.259 e. The van der Waals surface area contributed by atoms with Gasteiger partial charge < -0.3 is 4.52 Å². The van der Waals surface area contributed by atoms with Gasteiger partial charge in [-0.25, -0.2) is 0 Å². The first-order chi connectivity index (χ1) is 9.24. The second-order valence-corrected chi connectivity index (χ2v) is 5.51. The van der Waals surface area contributed by atoms with E-state index in [1.807, 2.05) is 36.4 Å². The molecule has 0 spiro atoms. The predicted octanol–water partition coefficient (Wildman–Crippen LogP) is 4.66. The monoisotopic (exact) mass is 382 g/mol. The zero-order chi connectivity index (χ0) is 13.2. The van der Waals surface area contributed by atoms with Gasteiger partial charge in [-0.15, -0.1) is 0 Å². The molecule has 0 atom stereocenters. The minimum atomic E-state index is 0.523. The topological polar surface area (TPSA) is 38.9 Å². The van der Waals surface area contributed by atoms with E-state index in [0.29, 0.717) is 16.7 Å². The molecule has 0 amide bonds. The third-order valence-corrected chi connectivity index (χ3v) is 3.83. The summed E-state index contributed by atoms with van der Waals surface area (Å²) in [5.41, 5.74) is 1.82. The molecule has 3 rings (SSSR count). The molecule has 0 fully saturated rings. The largest absolute Gasteiger partial charge is 0.334 e. The van der Waals surface area contributed by atoms with Crippen LogP contribution in [-0.2, 0) is 0 Å². The average Bonchev–Trinajstić information content (AvgIpc) is 2.89. The summed E-state index contributed by atoms with van der Waals surface area (Å²) in [6.45, 7) is 0. The van der Waals surface area contributed by atoms with Crippen molar-refractivity contribution < 1.29 is 4.52 Å². The first kappa shape index (κ1) is 12.6. The number of hydrogen-bond donors (Lipinski definition) is 0. The van der Waals surface area contributed by atoms with Crippen molar-refractivity contribution in [2.45, 2.75) is 0 Å². The van der Waals surface area contributed by atoms with Crippen LogP contribution in [0.5, 0.6) is 0 Å². The molecule has 1 heterocycles. The molecule has 0 bridgehead atoms. The van der Waals surface area contributed by atoms with Crippen molar-refractivity contribution in [2.24, 2.45) is 0 Å². The number of nitrogens with zero attached hydrogens (tertiary/aromatic N) is 2. The van der Waals surface area contributed by atoms with Gasteiger partial charge in [0.1, 0.15) is 0 Å². The fourth-order valence-electron chi connectivity index (χ4n) is 1.68. The number of benzene rings is 2. The molecule has 3 aromatic rings. The van der Waals surface area contributed by atoms with Gasteiger partial charge in [-0.05, 0) is 59.0 Å². The molecule has 0 aliphatic heterocycles. The molecular formula is C14H8ClIN2O. The summed E-state index contributed by atoms with van der Waals surface area (Å²) < 4.78 is 6.39. The highest BCUT2D eigenvalue weighted by molar-refractivity contribution is 14.1. The Morgan fingerprint density at radius 3 is 2.47 bits per heavy atom. The molecule has 0 radical (unpaired) electrons. The first-order valence-corrected chi connectivity index (χ1v) is 7.04. The Morgan fingerprint density at radius 1 is 1.00 bits per heavy atom. The van der Waals surface area contributed by atoms with Gasteiger partial charge in [-0.1, -0.05) is 28.9 Å². The van der Waals surface area contributed by atoms with Crippen LogP contribution in [0.15, 0.2) is 53.1 Å². The predicted molar refractivity (Wildman–Crippen MR) is 82.9 cm³/mol. The Morgan fingerprint density at radius 2 is 1.74 bits per heavy atom. The van der Waals surface area contributed by atoms with Gasteiger partial charge in [-0.3, -0.25) is 0 Å². The summed E-state index contributed by atoms with van der Waals surface area (Å²) in [5, 5.41) is 4.69. The van der Waals surface area contributed by atoms with Gasteiger partial charge in [0.25, 0.3) is 5.89 Å². The van der Waals surface area contributed by atoms with E-state index >= 15 is 0 Å². The molecule has 2 aromatic carbocycles. The van der Waals surface area contributed by atoms with Gasteiger partial charge in [0.05, 0.1) is 5.56 Å². The van der Waals surface area contributed by atoms with E-state index in [4.69, 9.17) is 16.1 Å². The normalized spacial score (nSPS) is 10.6. The molecule has 0 saturated carbocycles. The lowest BCUT2D eigenvalue weighted by molar-refractivity contribution is 0.432. The van der Waals surface area contributed by atoms with Crippen LogP contribution in [0.25, 0.3) is 22.8 Å². The molecule has 3 nitrogen and oxygen atoms in total. The summed E-state index contributed by atoms with van der Waals surface area (Å²) in [5.74, 6) is 1.08. The van der Waals surface area contributed by atoms with Crippen LogP contribution < -0.4 is 0 Å². The molecule has 94 valence electrons. The van der Waals surface area contributed by atoms with E-state index in [9.17, 15) is 0 Å². The minimum absolute atomic E-state index is 0.523. The van der Waals surface area contributed by atoms with E-state index in [-0.39, 0.29) is 0 Å². The first-order valence-electron chi connectivity index (χ1n) is 5.58. The molecule has 0 saturated heterocycles. The van der Waals surface area contributed by atoms with Crippen molar-refractivity contribution in [3.05, 3.63) is 57.1 Å². The van der Waals surface area contributed by atoms with Crippen LogP contribution in [0.3, 0.4) is 0 Å². The fourth-order valence-corrected chi connectivity index (χ4v) is 2.43. The molecule has 19 heavy (non-hydrogen) atoms. The summed E-state index contributed by atoms with van der Waals surface area (Å²) in [7, 11) is 0. The molecular weight excluding hydrogens is 375 g/mol. The number of rotatable bonds is 2. The van der Waals surface area contributed by atoms with E-state index < -0.39 is 0 Å². The quantitative estimate of drug-likeness (QED) is 0.605. The lowest BCUT2D eigenvalue weighted by atomic mass is 10.2. The maximum absolute atomic E-state index is 5.86. The zero-order valence-electron chi connectivity index (χ0n) is 9.68. The van der Waals surface area contributed by atoms with Crippen molar-refractivity contribution >= 4 is 34.2 Å². The van der Waals surface area contributed by atoms with Crippen LogP contribution in [0.4, 0.5) is 0 Å². The summed E-state index contributed by atoms with van der Waals surface area (Å²) in [6, 6.07) is 15.2. The van der Waals surface area contributed by atoms with Crippen LogP contribution in [-0.4, -0.2) is 10.1 Å². The molecule has 5 heteroatoms. The van der Waals surface area contributed by atoms with E-state index in [1.165, 1.54) is 0 Å². The lowest BCUT2D eigenvalue weighted by Gasteiger charge is -1.96. The highest BCUT2D eigenvalue weighted by atomic mass is 127. The SMILES string of the molecule is Clc1ccc(-c2noc(-c3ccccc3I)n2)cc1. The highest BCUT2D eigenvalue weighted by Gasteiger charge is 2.12. The molecule has 0 aliphatic rings. The van der Waals surface area contributed by atoms with Crippen LogP contribution >= 0.6 is 34.2 Å². The molecule has 0 unspecified atom stereocenters. The number of aromatic nitrogens is 2. The van der Waals surface area contributed by atoms with E-state index in [2.05, 4.69) is 32.7 Å². The van der Waals surface area contributed by atoms with Crippen molar-refractivity contribution in [1.29, 1.82) is 0 Å². The van der Waals surface area contributed by atoms with Gasteiger partial charge >= 0.3 is 0 Å². The van der Waals surface area contributed by atoms with Gasteiger partial charge in [0.2, 0.25) is 5.82 Å². The number of halogens is 2. The van der Waals surface area contributed by atoms with Crippen molar-refractivity contribution in [3.8, 4) is 22.8 Å². The fraction of sp³-hybridized carbons (Fsp3) is 0. The Kier molecular flexibility index (Phi) is 3.52.